The molecule has 27 heavy (non-hydrogen) atoms. The van der Waals surface area contributed by atoms with E-state index in [1.807, 2.05) is 48.7 Å². The highest BCUT2D eigenvalue weighted by atomic mass is 32.1. The molecule has 1 heterocycles. The van der Waals surface area contributed by atoms with Gasteiger partial charge in [0.2, 0.25) is 0 Å². The predicted octanol–water partition coefficient (Wildman–Crippen LogP) is 4.18. The Morgan fingerprint density at radius 1 is 1.11 bits per heavy atom. The molecule has 0 aliphatic carbocycles. The molecule has 0 radical (unpaired) electrons. The number of rotatable bonds is 8. The lowest BCUT2D eigenvalue weighted by Gasteiger charge is -2.18. The standard InChI is InChI=1S/C21H22N2O3S/c1-16-6-8-19(9-7-16)25-11-10-23(2)21(24)17-4-3-5-20(12-17)26-13-18-14-27-15-22-18/h3-9,12,14-15H,10-11,13H2,1-2H3. The molecule has 0 fully saturated rings. The first-order chi connectivity index (χ1) is 13.1. The first-order valence-corrected chi connectivity index (χ1v) is 9.61. The van der Waals surface area contributed by atoms with Crippen molar-refractivity contribution in [3.05, 3.63) is 76.2 Å². The second kappa shape index (κ2) is 9.19. The van der Waals surface area contributed by atoms with Crippen LogP contribution in [0.5, 0.6) is 11.5 Å². The van der Waals surface area contributed by atoms with Gasteiger partial charge in [0.05, 0.1) is 17.7 Å². The van der Waals surface area contributed by atoms with Crippen LogP contribution in [0.1, 0.15) is 21.6 Å². The van der Waals surface area contributed by atoms with E-state index in [-0.39, 0.29) is 5.91 Å². The molecule has 6 heteroatoms. The summed E-state index contributed by atoms with van der Waals surface area (Å²) in [5.41, 5.74) is 4.42. The van der Waals surface area contributed by atoms with Crippen LogP contribution in [-0.2, 0) is 6.61 Å². The summed E-state index contributed by atoms with van der Waals surface area (Å²) < 4.78 is 11.4. The fraction of sp³-hybridized carbons (Fsp3) is 0.238. The molecule has 0 bridgehead atoms. The fourth-order valence-electron chi connectivity index (χ4n) is 2.44. The van der Waals surface area contributed by atoms with E-state index in [9.17, 15) is 4.79 Å². The minimum absolute atomic E-state index is 0.0679. The topological polar surface area (TPSA) is 51.7 Å². The SMILES string of the molecule is Cc1ccc(OCCN(C)C(=O)c2cccc(OCc3cscn3)c2)cc1. The maximum Gasteiger partial charge on any atom is 0.253 e. The number of hydrogen-bond acceptors (Lipinski definition) is 5. The lowest BCUT2D eigenvalue weighted by molar-refractivity contribution is 0.0773. The zero-order valence-electron chi connectivity index (χ0n) is 15.4. The van der Waals surface area contributed by atoms with Crippen molar-refractivity contribution < 1.29 is 14.3 Å². The highest BCUT2D eigenvalue weighted by Crippen LogP contribution is 2.17. The zero-order chi connectivity index (χ0) is 19.1. The number of aryl methyl sites for hydroxylation is 1. The van der Waals surface area contributed by atoms with Crippen molar-refractivity contribution in [2.24, 2.45) is 0 Å². The molecule has 0 saturated carbocycles. The summed E-state index contributed by atoms with van der Waals surface area (Å²) in [7, 11) is 1.77. The third kappa shape index (κ3) is 5.56. The van der Waals surface area contributed by atoms with Gasteiger partial charge in [0.15, 0.2) is 0 Å². The number of amides is 1. The Hall–Kier alpha value is -2.86. The van der Waals surface area contributed by atoms with Gasteiger partial charge in [-0.25, -0.2) is 4.98 Å². The summed E-state index contributed by atoms with van der Waals surface area (Å²) in [5, 5.41) is 1.94. The van der Waals surface area contributed by atoms with Crippen molar-refractivity contribution in [3.8, 4) is 11.5 Å². The van der Waals surface area contributed by atoms with Crippen LogP contribution in [0.15, 0.2) is 59.4 Å². The van der Waals surface area contributed by atoms with Crippen molar-refractivity contribution in [2.75, 3.05) is 20.2 Å². The molecule has 0 aliphatic heterocycles. The van der Waals surface area contributed by atoms with Crippen LogP contribution in [0, 0.1) is 6.92 Å². The van der Waals surface area contributed by atoms with Crippen LogP contribution in [0.3, 0.4) is 0 Å². The number of benzene rings is 2. The monoisotopic (exact) mass is 382 g/mol. The van der Waals surface area contributed by atoms with Gasteiger partial charge in [0.25, 0.3) is 5.91 Å². The average molecular weight is 382 g/mol. The molecular weight excluding hydrogens is 360 g/mol. The lowest BCUT2D eigenvalue weighted by Crippen LogP contribution is -2.30. The van der Waals surface area contributed by atoms with E-state index in [0.717, 1.165) is 11.4 Å². The number of aromatic nitrogens is 1. The first-order valence-electron chi connectivity index (χ1n) is 8.66. The number of likely N-dealkylation sites (N-methyl/N-ethyl adjacent to an activating group) is 1. The van der Waals surface area contributed by atoms with E-state index in [2.05, 4.69) is 4.98 Å². The van der Waals surface area contributed by atoms with Crippen LogP contribution >= 0.6 is 11.3 Å². The first kappa shape index (κ1) is 18.9. The average Bonchev–Trinajstić information content (AvgIpc) is 3.21. The van der Waals surface area contributed by atoms with Gasteiger partial charge in [0.1, 0.15) is 24.7 Å². The largest absolute Gasteiger partial charge is 0.492 e. The molecule has 0 spiro atoms. The van der Waals surface area contributed by atoms with Crippen LogP contribution in [0.2, 0.25) is 0 Å². The third-order valence-corrected chi connectivity index (χ3v) is 4.65. The summed E-state index contributed by atoms with van der Waals surface area (Å²) in [4.78, 5) is 18.5. The normalized spacial score (nSPS) is 10.4. The Labute approximate surface area is 163 Å². The van der Waals surface area contributed by atoms with Gasteiger partial charge in [-0.05, 0) is 37.3 Å². The summed E-state index contributed by atoms with van der Waals surface area (Å²) in [5.74, 6) is 1.39. The summed E-state index contributed by atoms with van der Waals surface area (Å²) in [6, 6.07) is 15.1. The van der Waals surface area contributed by atoms with Crippen molar-refractivity contribution in [3.63, 3.8) is 0 Å². The summed E-state index contributed by atoms with van der Waals surface area (Å²) in [6.45, 7) is 3.36. The Morgan fingerprint density at radius 2 is 1.93 bits per heavy atom. The third-order valence-electron chi connectivity index (χ3n) is 4.01. The molecule has 3 aromatic rings. The number of ether oxygens (including phenoxy) is 2. The highest BCUT2D eigenvalue weighted by molar-refractivity contribution is 7.07. The number of carbonyl (C=O) groups excluding carboxylic acids is 1. The predicted molar refractivity (Wildman–Crippen MR) is 107 cm³/mol. The van der Waals surface area contributed by atoms with Gasteiger partial charge in [-0.15, -0.1) is 11.3 Å². The quantitative estimate of drug-likeness (QED) is 0.586. The molecule has 140 valence electrons. The lowest BCUT2D eigenvalue weighted by atomic mass is 10.2. The molecule has 0 N–H and O–H groups in total. The van der Waals surface area contributed by atoms with Crippen LogP contribution in [0.25, 0.3) is 0 Å². The fourth-order valence-corrected chi connectivity index (χ4v) is 2.98. The van der Waals surface area contributed by atoms with E-state index < -0.39 is 0 Å². The van der Waals surface area contributed by atoms with Gasteiger partial charge in [-0.1, -0.05) is 23.8 Å². The van der Waals surface area contributed by atoms with Gasteiger partial charge < -0.3 is 14.4 Å². The van der Waals surface area contributed by atoms with Gasteiger partial charge >= 0.3 is 0 Å². The Morgan fingerprint density at radius 3 is 2.67 bits per heavy atom. The number of carbonyl (C=O) groups is 1. The summed E-state index contributed by atoms with van der Waals surface area (Å²) >= 11 is 1.53. The molecule has 3 rings (SSSR count). The van der Waals surface area contributed by atoms with E-state index in [4.69, 9.17) is 9.47 Å². The van der Waals surface area contributed by atoms with E-state index in [1.54, 1.807) is 29.6 Å². The van der Waals surface area contributed by atoms with Gasteiger partial charge in [-0.3, -0.25) is 4.79 Å². The van der Waals surface area contributed by atoms with Crippen LogP contribution in [0.4, 0.5) is 0 Å². The smallest absolute Gasteiger partial charge is 0.253 e. The molecule has 1 aromatic heterocycles. The molecule has 5 nitrogen and oxygen atoms in total. The van der Waals surface area contributed by atoms with E-state index in [1.165, 1.54) is 16.9 Å². The van der Waals surface area contributed by atoms with Crippen molar-refractivity contribution in [1.82, 2.24) is 9.88 Å². The van der Waals surface area contributed by atoms with Gasteiger partial charge in [0, 0.05) is 18.0 Å². The van der Waals surface area contributed by atoms with Crippen LogP contribution < -0.4 is 9.47 Å². The zero-order valence-corrected chi connectivity index (χ0v) is 16.2. The summed E-state index contributed by atoms with van der Waals surface area (Å²) in [6.07, 6.45) is 0. The van der Waals surface area contributed by atoms with E-state index >= 15 is 0 Å². The number of hydrogen-bond donors (Lipinski definition) is 0. The molecular formula is C21H22N2O3S. The van der Waals surface area contributed by atoms with Crippen molar-refractivity contribution in [1.29, 1.82) is 0 Å². The van der Waals surface area contributed by atoms with Gasteiger partial charge in [-0.2, -0.15) is 0 Å². The van der Waals surface area contributed by atoms with Crippen LogP contribution in [-0.4, -0.2) is 36.0 Å². The highest BCUT2D eigenvalue weighted by Gasteiger charge is 2.12. The number of thiazole rings is 1. The maximum atomic E-state index is 12.6. The van der Waals surface area contributed by atoms with E-state index in [0.29, 0.717) is 31.1 Å². The van der Waals surface area contributed by atoms with Crippen molar-refractivity contribution >= 4 is 17.2 Å². The maximum absolute atomic E-state index is 12.6. The molecule has 2 aromatic carbocycles. The molecule has 0 atom stereocenters. The Kier molecular flexibility index (Phi) is 6.44. The minimum Gasteiger partial charge on any atom is -0.492 e. The Bertz CT molecular complexity index is 863. The molecule has 1 amide bonds. The minimum atomic E-state index is -0.0679. The Balaban J connectivity index is 1.51. The molecule has 0 unspecified atom stereocenters. The second-order valence-corrected chi connectivity index (χ2v) is 6.90. The second-order valence-electron chi connectivity index (χ2n) is 6.18. The van der Waals surface area contributed by atoms with Crippen molar-refractivity contribution in [2.45, 2.75) is 13.5 Å². The molecule has 0 aliphatic rings. The molecule has 0 saturated heterocycles. The number of nitrogens with zero attached hydrogens (tertiary/aromatic N) is 2.